The third-order valence-corrected chi connectivity index (χ3v) is 3.93. The predicted molar refractivity (Wildman–Crippen MR) is 78.8 cm³/mol. The van der Waals surface area contributed by atoms with E-state index >= 15 is 0 Å². The van der Waals surface area contributed by atoms with E-state index in [2.05, 4.69) is 13.0 Å². The van der Waals surface area contributed by atoms with Crippen molar-refractivity contribution in [2.24, 2.45) is 0 Å². The van der Waals surface area contributed by atoms with E-state index in [-0.39, 0.29) is 0 Å². The first kappa shape index (κ1) is 15.5. The van der Waals surface area contributed by atoms with Crippen molar-refractivity contribution in [2.45, 2.75) is 90.4 Å². The number of carbonyl (C=O) groups excluding carboxylic acids is 1. The zero-order valence-corrected chi connectivity index (χ0v) is 12.2. The number of Topliss-reactive ketones (excluding diaryl/α,β-unsaturated/α-hetero) is 1. The molecule has 0 spiro atoms. The molecule has 0 aliphatic heterocycles. The summed E-state index contributed by atoms with van der Waals surface area (Å²) in [6, 6.07) is 0. The van der Waals surface area contributed by atoms with Crippen LogP contribution in [0, 0.1) is 0 Å². The van der Waals surface area contributed by atoms with Crippen molar-refractivity contribution in [3.63, 3.8) is 0 Å². The van der Waals surface area contributed by atoms with Gasteiger partial charge in [-0.2, -0.15) is 0 Å². The van der Waals surface area contributed by atoms with Crippen LogP contribution in [0.5, 0.6) is 0 Å². The van der Waals surface area contributed by atoms with Crippen LogP contribution in [-0.2, 0) is 4.79 Å². The van der Waals surface area contributed by atoms with Gasteiger partial charge in [-0.05, 0) is 45.4 Å². The second-order valence-electron chi connectivity index (χ2n) is 5.81. The van der Waals surface area contributed by atoms with Gasteiger partial charge in [0.15, 0.2) is 0 Å². The number of rotatable bonds is 0. The molecule has 1 aliphatic rings. The highest BCUT2D eigenvalue weighted by atomic mass is 16.1. The molecular weight excluding hydrogens is 220 g/mol. The van der Waals surface area contributed by atoms with Gasteiger partial charge in [-0.1, -0.05) is 43.8 Å². The average molecular weight is 250 g/mol. The second kappa shape index (κ2) is 10.3. The zero-order chi connectivity index (χ0) is 13.1. The summed E-state index contributed by atoms with van der Waals surface area (Å²) in [5.41, 5.74) is 1.58. The van der Waals surface area contributed by atoms with Crippen molar-refractivity contribution < 1.29 is 4.79 Å². The minimum Gasteiger partial charge on any atom is -0.300 e. The first-order valence-electron chi connectivity index (χ1n) is 7.96. The summed E-state index contributed by atoms with van der Waals surface area (Å²) < 4.78 is 0. The van der Waals surface area contributed by atoms with Crippen LogP contribution in [0.25, 0.3) is 0 Å². The first-order chi connectivity index (χ1) is 8.79. The summed E-state index contributed by atoms with van der Waals surface area (Å²) in [6.07, 6.45) is 17.9. The molecule has 0 N–H and O–H groups in total. The van der Waals surface area contributed by atoms with Crippen LogP contribution in [0.15, 0.2) is 11.6 Å². The van der Waals surface area contributed by atoms with Gasteiger partial charge in [-0.25, -0.2) is 0 Å². The summed E-state index contributed by atoms with van der Waals surface area (Å²) in [7, 11) is 0. The molecule has 0 radical (unpaired) electrons. The molecule has 0 aromatic rings. The Morgan fingerprint density at radius 1 is 0.722 bits per heavy atom. The number of ketones is 1. The fourth-order valence-corrected chi connectivity index (χ4v) is 2.65. The van der Waals surface area contributed by atoms with Gasteiger partial charge in [-0.15, -0.1) is 0 Å². The topological polar surface area (TPSA) is 17.1 Å². The maximum Gasteiger partial charge on any atom is 0.132 e. The predicted octanol–water partition coefficient (Wildman–Crippen LogP) is 5.59. The van der Waals surface area contributed by atoms with Crippen LogP contribution in [0.3, 0.4) is 0 Å². The summed E-state index contributed by atoms with van der Waals surface area (Å²) in [5, 5.41) is 0. The largest absolute Gasteiger partial charge is 0.300 e. The normalized spacial score (nSPS) is 25.4. The van der Waals surface area contributed by atoms with E-state index < -0.39 is 0 Å². The molecule has 18 heavy (non-hydrogen) atoms. The average Bonchev–Trinajstić information content (AvgIpc) is 2.35. The van der Waals surface area contributed by atoms with Crippen molar-refractivity contribution >= 4 is 5.78 Å². The van der Waals surface area contributed by atoms with Gasteiger partial charge in [0.25, 0.3) is 0 Å². The molecule has 1 aliphatic carbocycles. The molecule has 1 heteroatoms. The lowest BCUT2D eigenvalue weighted by molar-refractivity contribution is -0.119. The molecule has 0 aromatic heterocycles. The fraction of sp³-hybridized carbons (Fsp3) is 0.824. The van der Waals surface area contributed by atoms with E-state index in [4.69, 9.17) is 0 Å². The Kier molecular flexibility index (Phi) is 8.89. The molecule has 0 aromatic carbocycles. The Morgan fingerprint density at radius 2 is 1.22 bits per heavy atom. The maximum absolute atomic E-state index is 11.6. The molecule has 0 unspecified atom stereocenters. The number of carbonyl (C=O) groups is 1. The SMILES string of the molecule is C/C1=C/CCCCCCC(=O)CCCCCCC1. The molecule has 1 rings (SSSR count). The Bertz CT molecular complexity index is 252. The van der Waals surface area contributed by atoms with E-state index in [9.17, 15) is 4.79 Å². The van der Waals surface area contributed by atoms with Crippen molar-refractivity contribution in [2.75, 3.05) is 0 Å². The molecule has 1 nitrogen and oxygen atoms in total. The molecule has 0 saturated carbocycles. The van der Waals surface area contributed by atoms with Gasteiger partial charge in [0.2, 0.25) is 0 Å². The number of hydrogen-bond donors (Lipinski definition) is 0. The van der Waals surface area contributed by atoms with Crippen molar-refractivity contribution in [1.29, 1.82) is 0 Å². The summed E-state index contributed by atoms with van der Waals surface area (Å²) in [5.74, 6) is 0.498. The van der Waals surface area contributed by atoms with Crippen LogP contribution in [0.2, 0.25) is 0 Å². The van der Waals surface area contributed by atoms with Crippen molar-refractivity contribution in [1.82, 2.24) is 0 Å². The van der Waals surface area contributed by atoms with Crippen molar-refractivity contribution in [3.05, 3.63) is 11.6 Å². The molecular formula is C17H30O. The van der Waals surface area contributed by atoms with Gasteiger partial charge in [-0.3, -0.25) is 4.79 Å². The highest BCUT2D eigenvalue weighted by molar-refractivity contribution is 5.78. The Morgan fingerprint density at radius 3 is 1.89 bits per heavy atom. The highest BCUT2D eigenvalue weighted by Crippen LogP contribution is 2.15. The second-order valence-corrected chi connectivity index (χ2v) is 5.81. The standard InChI is InChI=1S/C17H30O/c1-16-12-8-4-2-6-10-14-17(18)15-11-7-3-5-9-13-16/h12H,2-11,13-15H2,1H3/b16-12-. The van der Waals surface area contributed by atoms with Crippen LogP contribution >= 0.6 is 0 Å². The third-order valence-electron chi connectivity index (χ3n) is 3.93. The molecule has 0 saturated heterocycles. The lowest BCUT2D eigenvalue weighted by Gasteiger charge is -2.05. The third kappa shape index (κ3) is 8.49. The van der Waals surface area contributed by atoms with E-state index in [0.29, 0.717) is 5.78 Å². The molecule has 0 bridgehead atoms. The number of hydrogen-bond acceptors (Lipinski definition) is 1. The fourth-order valence-electron chi connectivity index (χ4n) is 2.65. The summed E-state index contributed by atoms with van der Waals surface area (Å²) >= 11 is 0. The van der Waals surface area contributed by atoms with E-state index in [1.807, 2.05) is 0 Å². The van der Waals surface area contributed by atoms with Crippen LogP contribution in [-0.4, -0.2) is 5.78 Å². The van der Waals surface area contributed by atoms with Crippen LogP contribution in [0.4, 0.5) is 0 Å². The molecule has 0 atom stereocenters. The van der Waals surface area contributed by atoms with Crippen molar-refractivity contribution in [3.8, 4) is 0 Å². The van der Waals surface area contributed by atoms with E-state index in [1.54, 1.807) is 5.57 Å². The van der Waals surface area contributed by atoms with E-state index in [0.717, 1.165) is 25.7 Å². The minimum atomic E-state index is 0.498. The van der Waals surface area contributed by atoms with Gasteiger partial charge in [0.05, 0.1) is 0 Å². The van der Waals surface area contributed by atoms with Gasteiger partial charge >= 0.3 is 0 Å². The minimum absolute atomic E-state index is 0.498. The Balaban J connectivity index is 2.26. The quantitative estimate of drug-likeness (QED) is 0.512. The van der Waals surface area contributed by atoms with Gasteiger partial charge in [0.1, 0.15) is 5.78 Å². The molecule has 0 heterocycles. The molecule has 0 fully saturated rings. The van der Waals surface area contributed by atoms with E-state index in [1.165, 1.54) is 57.8 Å². The highest BCUT2D eigenvalue weighted by Gasteiger charge is 2.02. The summed E-state index contributed by atoms with van der Waals surface area (Å²) in [4.78, 5) is 11.6. The zero-order valence-electron chi connectivity index (χ0n) is 12.2. The first-order valence-corrected chi connectivity index (χ1v) is 7.96. The van der Waals surface area contributed by atoms with Crippen LogP contribution in [0.1, 0.15) is 90.4 Å². The lowest BCUT2D eigenvalue weighted by atomic mass is 10.0. The molecule has 104 valence electrons. The monoisotopic (exact) mass is 250 g/mol. The maximum atomic E-state index is 11.6. The smallest absolute Gasteiger partial charge is 0.132 e. The summed E-state index contributed by atoms with van der Waals surface area (Å²) in [6.45, 7) is 2.28. The molecule has 0 amide bonds. The Hall–Kier alpha value is -0.590. The van der Waals surface area contributed by atoms with Gasteiger partial charge < -0.3 is 0 Å². The van der Waals surface area contributed by atoms with Crippen LogP contribution < -0.4 is 0 Å². The van der Waals surface area contributed by atoms with Gasteiger partial charge in [0, 0.05) is 12.8 Å². The lowest BCUT2D eigenvalue weighted by Crippen LogP contribution is -1.97. The number of allylic oxidation sites excluding steroid dienone is 2. The Labute approximate surface area is 113 Å².